The molecule has 112 valence electrons. The minimum Gasteiger partial charge on any atom is -0.360 e. The van der Waals surface area contributed by atoms with E-state index in [-0.39, 0.29) is 11.7 Å². The number of pyridine rings is 1. The highest BCUT2D eigenvalue weighted by Gasteiger charge is 2.16. The lowest BCUT2D eigenvalue weighted by molar-refractivity contribution is 0.0798. The number of fused-ring (bicyclic) bond motifs is 1. The van der Waals surface area contributed by atoms with E-state index in [0.717, 1.165) is 17.4 Å². The van der Waals surface area contributed by atoms with E-state index in [0.29, 0.717) is 17.6 Å². The number of carbonyl (C=O) groups excluding carboxylic acids is 1. The zero-order valence-corrected chi connectivity index (χ0v) is 12.2. The molecule has 3 rings (SSSR count). The molecule has 0 atom stereocenters. The Morgan fingerprint density at radius 1 is 1.27 bits per heavy atom. The first kappa shape index (κ1) is 14.3. The van der Waals surface area contributed by atoms with E-state index in [1.807, 2.05) is 12.1 Å². The van der Waals surface area contributed by atoms with E-state index < -0.39 is 0 Å². The monoisotopic (exact) mass is 297 g/mol. The van der Waals surface area contributed by atoms with Gasteiger partial charge in [-0.25, -0.2) is 4.39 Å². The third kappa shape index (κ3) is 2.83. The molecule has 1 amide bonds. The van der Waals surface area contributed by atoms with Crippen molar-refractivity contribution in [1.82, 2.24) is 14.9 Å². The minimum absolute atomic E-state index is 0.0769. The number of benzene rings is 1. The van der Waals surface area contributed by atoms with Crippen molar-refractivity contribution in [1.29, 1.82) is 0 Å². The maximum atomic E-state index is 13.2. The Bertz CT molecular complexity index is 798. The lowest BCUT2D eigenvalue weighted by Crippen LogP contribution is -2.28. The van der Waals surface area contributed by atoms with Crippen molar-refractivity contribution in [3.05, 3.63) is 65.9 Å². The molecular weight excluding hydrogens is 281 g/mol. The van der Waals surface area contributed by atoms with Crippen LogP contribution in [0.4, 0.5) is 4.39 Å². The molecule has 0 unspecified atom stereocenters. The SMILES string of the molecule is CN(CCc1ccncc1)C(=O)c1c[nH]c2cc(F)ccc12. The number of likely N-dealkylation sites (N-methyl/N-ethyl adjacent to an activating group) is 1. The van der Waals surface area contributed by atoms with Gasteiger partial charge in [-0.15, -0.1) is 0 Å². The number of amides is 1. The number of aromatic nitrogens is 2. The van der Waals surface area contributed by atoms with Gasteiger partial charge in [-0.2, -0.15) is 0 Å². The number of aromatic amines is 1. The molecule has 0 fully saturated rings. The van der Waals surface area contributed by atoms with Gasteiger partial charge in [0.15, 0.2) is 0 Å². The van der Waals surface area contributed by atoms with Gasteiger partial charge in [-0.1, -0.05) is 0 Å². The zero-order valence-electron chi connectivity index (χ0n) is 12.2. The number of H-pyrrole nitrogens is 1. The van der Waals surface area contributed by atoms with Crippen LogP contribution in [0.25, 0.3) is 10.9 Å². The van der Waals surface area contributed by atoms with Crippen LogP contribution >= 0.6 is 0 Å². The summed E-state index contributed by atoms with van der Waals surface area (Å²) in [5, 5.41) is 0.738. The maximum Gasteiger partial charge on any atom is 0.255 e. The molecule has 0 spiro atoms. The van der Waals surface area contributed by atoms with Gasteiger partial charge < -0.3 is 9.88 Å². The molecule has 2 heterocycles. The third-order valence-corrected chi connectivity index (χ3v) is 3.71. The van der Waals surface area contributed by atoms with Crippen molar-refractivity contribution in [2.45, 2.75) is 6.42 Å². The van der Waals surface area contributed by atoms with Gasteiger partial charge in [-0.05, 0) is 42.3 Å². The van der Waals surface area contributed by atoms with Gasteiger partial charge >= 0.3 is 0 Å². The van der Waals surface area contributed by atoms with Crippen LogP contribution in [0.3, 0.4) is 0 Å². The summed E-state index contributed by atoms with van der Waals surface area (Å²) in [6, 6.07) is 8.26. The van der Waals surface area contributed by atoms with Gasteiger partial charge in [0, 0.05) is 43.1 Å². The first-order chi connectivity index (χ1) is 10.6. The molecule has 0 saturated heterocycles. The first-order valence-corrected chi connectivity index (χ1v) is 7.06. The van der Waals surface area contributed by atoms with Gasteiger partial charge in [0.25, 0.3) is 5.91 Å². The Balaban J connectivity index is 1.74. The normalized spacial score (nSPS) is 10.8. The van der Waals surface area contributed by atoms with E-state index in [4.69, 9.17) is 0 Å². The quantitative estimate of drug-likeness (QED) is 0.804. The molecule has 5 heteroatoms. The van der Waals surface area contributed by atoms with Crippen molar-refractivity contribution in [2.24, 2.45) is 0 Å². The highest BCUT2D eigenvalue weighted by molar-refractivity contribution is 6.06. The van der Waals surface area contributed by atoms with Gasteiger partial charge in [0.2, 0.25) is 0 Å². The van der Waals surface area contributed by atoms with Crippen LogP contribution in [0.5, 0.6) is 0 Å². The number of nitrogens with one attached hydrogen (secondary N) is 1. The van der Waals surface area contributed by atoms with Crippen molar-refractivity contribution < 1.29 is 9.18 Å². The first-order valence-electron chi connectivity index (χ1n) is 7.06. The average Bonchev–Trinajstić information content (AvgIpc) is 2.95. The molecule has 3 aromatic rings. The Hall–Kier alpha value is -2.69. The van der Waals surface area contributed by atoms with Crippen molar-refractivity contribution >= 4 is 16.8 Å². The predicted octanol–water partition coefficient (Wildman–Crippen LogP) is 3.02. The molecule has 1 aromatic carbocycles. The van der Waals surface area contributed by atoms with E-state index in [1.54, 1.807) is 36.6 Å². The van der Waals surface area contributed by atoms with E-state index in [2.05, 4.69) is 9.97 Å². The van der Waals surface area contributed by atoms with Crippen LogP contribution in [-0.4, -0.2) is 34.4 Å². The molecule has 1 N–H and O–H groups in total. The van der Waals surface area contributed by atoms with Gasteiger partial charge in [-0.3, -0.25) is 9.78 Å². The summed E-state index contributed by atoms with van der Waals surface area (Å²) in [6.45, 7) is 0.608. The largest absolute Gasteiger partial charge is 0.360 e. The maximum absolute atomic E-state index is 13.2. The molecule has 0 aliphatic rings. The fourth-order valence-corrected chi connectivity index (χ4v) is 2.43. The van der Waals surface area contributed by atoms with Crippen LogP contribution in [0.2, 0.25) is 0 Å². The molecular formula is C17H16FN3O. The molecule has 22 heavy (non-hydrogen) atoms. The standard InChI is InChI=1S/C17H16FN3O/c1-21(9-6-12-4-7-19-8-5-12)17(22)15-11-20-16-10-13(18)2-3-14(15)16/h2-5,7-8,10-11,20H,6,9H2,1H3. The molecule has 0 radical (unpaired) electrons. The van der Waals surface area contributed by atoms with Crippen LogP contribution in [0, 0.1) is 5.82 Å². The van der Waals surface area contributed by atoms with Crippen LogP contribution in [0.1, 0.15) is 15.9 Å². The number of halogens is 1. The van der Waals surface area contributed by atoms with Crippen LogP contribution < -0.4 is 0 Å². The minimum atomic E-state index is -0.320. The zero-order chi connectivity index (χ0) is 15.5. The summed E-state index contributed by atoms with van der Waals surface area (Å²) in [5.41, 5.74) is 2.33. The van der Waals surface area contributed by atoms with E-state index in [9.17, 15) is 9.18 Å². The number of carbonyl (C=O) groups is 1. The second-order valence-electron chi connectivity index (χ2n) is 5.22. The molecule has 0 bridgehead atoms. The summed E-state index contributed by atoms with van der Waals surface area (Å²) >= 11 is 0. The van der Waals surface area contributed by atoms with Crippen molar-refractivity contribution in [2.75, 3.05) is 13.6 Å². The Morgan fingerprint density at radius 2 is 2.05 bits per heavy atom. The number of hydrogen-bond donors (Lipinski definition) is 1. The lowest BCUT2D eigenvalue weighted by atomic mass is 10.1. The molecule has 2 aromatic heterocycles. The van der Waals surface area contributed by atoms with Crippen molar-refractivity contribution in [3.8, 4) is 0 Å². The number of rotatable bonds is 4. The Labute approximate surface area is 127 Å². The second-order valence-corrected chi connectivity index (χ2v) is 5.22. The van der Waals surface area contributed by atoms with Crippen LogP contribution in [-0.2, 0) is 6.42 Å². The van der Waals surface area contributed by atoms with E-state index >= 15 is 0 Å². The van der Waals surface area contributed by atoms with Gasteiger partial charge in [0.1, 0.15) is 5.82 Å². The fraction of sp³-hybridized carbons (Fsp3) is 0.176. The summed E-state index contributed by atoms with van der Waals surface area (Å²) in [5.74, 6) is -0.397. The fourth-order valence-electron chi connectivity index (χ4n) is 2.43. The molecule has 4 nitrogen and oxygen atoms in total. The van der Waals surface area contributed by atoms with Crippen LogP contribution in [0.15, 0.2) is 48.9 Å². The summed E-state index contributed by atoms with van der Waals surface area (Å²) in [6.07, 6.45) is 5.88. The average molecular weight is 297 g/mol. The smallest absolute Gasteiger partial charge is 0.255 e. The summed E-state index contributed by atoms with van der Waals surface area (Å²) < 4.78 is 13.2. The molecule has 0 saturated carbocycles. The predicted molar refractivity (Wildman–Crippen MR) is 83.2 cm³/mol. The lowest BCUT2D eigenvalue weighted by Gasteiger charge is -2.16. The highest BCUT2D eigenvalue weighted by Crippen LogP contribution is 2.20. The summed E-state index contributed by atoms with van der Waals surface area (Å²) in [7, 11) is 1.77. The highest BCUT2D eigenvalue weighted by atomic mass is 19.1. The topological polar surface area (TPSA) is 49.0 Å². The second kappa shape index (κ2) is 5.97. The Morgan fingerprint density at radius 3 is 2.82 bits per heavy atom. The van der Waals surface area contributed by atoms with Crippen molar-refractivity contribution in [3.63, 3.8) is 0 Å². The molecule has 0 aliphatic heterocycles. The Kier molecular flexibility index (Phi) is 3.87. The van der Waals surface area contributed by atoms with E-state index in [1.165, 1.54) is 12.1 Å². The van der Waals surface area contributed by atoms with Gasteiger partial charge in [0.05, 0.1) is 5.56 Å². The number of nitrogens with zero attached hydrogens (tertiary/aromatic N) is 2. The summed E-state index contributed by atoms with van der Waals surface area (Å²) in [4.78, 5) is 21.1. The molecule has 0 aliphatic carbocycles. The number of hydrogen-bond acceptors (Lipinski definition) is 2. The third-order valence-electron chi connectivity index (χ3n) is 3.71.